The summed E-state index contributed by atoms with van der Waals surface area (Å²) in [4.78, 5) is 8.61. The predicted molar refractivity (Wildman–Crippen MR) is 88.3 cm³/mol. The minimum atomic E-state index is 0.492. The SMILES string of the molecule is CC(=N)n1ccc2cc(Oc3ncnc4c3CCNC4)ccc21. The molecule has 0 saturated carbocycles. The van der Waals surface area contributed by atoms with Gasteiger partial charge in [0, 0.05) is 23.7 Å². The summed E-state index contributed by atoms with van der Waals surface area (Å²) in [6.07, 6.45) is 4.32. The highest BCUT2D eigenvalue weighted by molar-refractivity contribution is 5.93. The van der Waals surface area contributed by atoms with Crippen molar-refractivity contribution in [2.45, 2.75) is 19.9 Å². The largest absolute Gasteiger partial charge is 0.439 e. The molecule has 1 aliphatic rings. The average molecular weight is 307 g/mol. The molecule has 2 aromatic heterocycles. The van der Waals surface area contributed by atoms with Crippen LogP contribution in [0.4, 0.5) is 0 Å². The smallest absolute Gasteiger partial charge is 0.225 e. The summed E-state index contributed by atoms with van der Waals surface area (Å²) >= 11 is 0. The van der Waals surface area contributed by atoms with Crippen molar-refractivity contribution in [2.24, 2.45) is 0 Å². The minimum Gasteiger partial charge on any atom is -0.439 e. The minimum absolute atomic E-state index is 0.492. The van der Waals surface area contributed by atoms with Gasteiger partial charge in [-0.1, -0.05) is 0 Å². The van der Waals surface area contributed by atoms with Crippen LogP contribution in [-0.2, 0) is 13.0 Å². The number of nitrogens with zero attached hydrogens (tertiary/aromatic N) is 3. The van der Waals surface area contributed by atoms with Crippen molar-refractivity contribution in [3.8, 4) is 11.6 Å². The van der Waals surface area contributed by atoms with Crippen LogP contribution in [-0.4, -0.2) is 26.9 Å². The summed E-state index contributed by atoms with van der Waals surface area (Å²) in [6.45, 7) is 3.44. The monoisotopic (exact) mass is 307 g/mol. The van der Waals surface area contributed by atoms with Gasteiger partial charge < -0.3 is 14.6 Å². The zero-order chi connectivity index (χ0) is 15.8. The van der Waals surface area contributed by atoms with Crippen molar-refractivity contribution < 1.29 is 4.74 Å². The first-order valence-corrected chi connectivity index (χ1v) is 7.60. The number of nitrogens with one attached hydrogen (secondary N) is 2. The second kappa shape index (κ2) is 5.48. The maximum atomic E-state index is 7.78. The van der Waals surface area contributed by atoms with E-state index in [-0.39, 0.29) is 0 Å². The van der Waals surface area contributed by atoms with E-state index in [1.54, 1.807) is 13.3 Å². The number of benzene rings is 1. The Morgan fingerprint density at radius 2 is 2.22 bits per heavy atom. The molecule has 1 aromatic carbocycles. The Bertz CT molecular complexity index is 899. The molecule has 6 heteroatoms. The van der Waals surface area contributed by atoms with Crippen LogP contribution < -0.4 is 10.1 Å². The lowest BCUT2D eigenvalue weighted by molar-refractivity contribution is 0.446. The Morgan fingerprint density at radius 1 is 1.30 bits per heavy atom. The number of aromatic nitrogens is 3. The van der Waals surface area contributed by atoms with Gasteiger partial charge in [-0.25, -0.2) is 9.97 Å². The van der Waals surface area contributed by atoms with Crippen LogP contribution >= 0.6 is 0 Å². The Hall–Kier alpha value is -2.73. The Balaban J connectivity index is 1.70. The van der Waals surface area contributed by atoms with Crippen LogP contribution in [0.5, 0.6) is 11.6 Å². The molecule has 3 heterocycles. The van der Waals surface area contributed by atoms with Gasteiger partial charge in [0.2, 0.25) is 5.88 Å². The lowest BCUT2D eigenvalue weighted by Crippen LogP contribution is -2.25. The summed E-state index contributed by atoms with van der Waals surface area (Å²) in [5.41, 5.74) is 3.09. The van der Waals surface area contributed by atoms with E-state index in [2.05, 4.69) is 15.3 Å². The van der Waals surface area contributed by atoms with Gasteiger partial charge in [-0.3, -0.25) is 5.41 Å². The molecule has 0 bridgehead atoms. The van der Waals surface area contributed by atoms with Crippen LogP contribution in [0.1, 0.15) is 18.2 Å². The van der Waals surface area contributed by atoms with Crippen molar-refractivity contribution in [3.63, 3.8) is 0 Å². The molecule has 0 saturated heterocycles. The third-order valence-electron chi connectivity index (χ3n) is 4.08. The second-order valence-corrected chi connectivity index (χ2v) is 5.62. The lowest BCUT2D eigenvalue weighted by atomic mass is 10.1. The van der Waals surface area contributed by atoms with Crippen molar-refractivity contribution >= 4 is 16.7 Å². The third kappa shape index (κ3) is 2.47. The Morgan fingerprint density at radius 3 is 3.09 bits per heavy atom. The molecule has 23 heavy (non-hydrogen) atoms. The molecule has 116 valence electrons. The maximum Gasteiger partial charge on any atom is 0.225 e. The molecule has 0 fully saturated rings. The quantitative estimate of drug-likeness (QED) is 0.564. The van der Waals surface area contributed by atoms with Gasteiger partial charge in [-0.2, -0.15) is 0 Å². The summed E-state index contributed by atoms with van der Waals surface area (Å²) in [5, 5.41) is 12.1. The van der Waals surface area contributed by atoms with Crippen molar-refractivity contribution in [1.82, 2.24) is 19.9 Å². The Labute approximate surface area is 133 Å². The molecular formula is C17H17N5O. The first-order valence-electron chi connectivity index (χ1n) is 7.60. The lowest BCUT2D eigenvalue weighted by Gasteiger charge is -2.18. The van der Waals surface area contributed by atoms with Gasteiger partial charge in [0.1, 0.15) is 17.9 Å². The highest BCUT2D eigenvalue weighted by Crippen LogP contribution is 2.29. The first kappa shape index (κ1) is 13.9. The van der Waals surface area contributed by atoms with Gasteiger partial charge in [-0.15, -0.1) is 0 Å². The van der Waals surface area contributed by atoms with E-state index in [4.69, 9.17) is 10.1 Å². The molecule has 6 nitrogen and oxygen atoms in total. The molecule has 0 radical (unpaired) electrons. The van der Waals surface area contributed by atoms with Crippen LogP contribution in [0.15, 0.2) is 36.8 Å². The van der Waals surface area contributed by atoms with E-state index in [1.807, 2.05) is 35.0 Å². The van der Waals surface area contributed by atoms with Gasteiger partial charge in [0.05, 0.1) is 11.2 Å². The third-order valence-corrected chi connectivity index (χ3v) is 4.08. The van der Waals surface area contributed by atoms with Crippen molar-refractivity contribution in [2.75, 3.05) is 6.54 Å². The standard InChI is InChI=1S/C17H17N5O/c1-11(18)22-7-5-12-8-13(2-3-16(12)22)23-17-14-4-6-19-9-15(14)20-10-21-17/h2-3,5,7-8,10,18-19H,4,6,9H2,1H3. The zero-order valence-corrected chi connectivity index (χ0v) is 12.8. The normalized spacial score (nSPS) is 13.8. The fourth-order valence-corrected chi connectivity index (χ4v) is 2.93. The number of ether oxygens (including phenoxy) is 1. The van der Waals surface area contributed by atoms with Crippen LogP contribution in [0.25, 0.3) is 10.9 Å². The van der Waals surface area contributed by atoms with E-state index in [0.29, 0.717) is 11.7 Å². The maximum absolute atomic E-state index is 7.78. The van der Waals surface area contributed by atoms with E-state index in [1.165, 1.54) is 0 Å². The summed E-state index contributed by atoms with van der Waals surface area (Å²) in [6, 6.07) is 7.85. The number of hydrogen-bond acceptors (Lipinski definition) is 5. The average Bonchev–Trinajstić information content (AvgIpc) is 2.99. The fourth-order valence-electron chi connectivity index (χ4n) is 2.93. The van der Waals surface area contributed by atoms with Gasteiger partial charge in [-0.05, 0) is 44.2 Å². The van der Waals surface area contributed by atoms with E-state index in [0.717, 1.165) is 47.4 Å². The number of fused-ring (bicyclic) bond motifs is 2. The number of hydrogen-bond donors (Lipinski definition) is 2. The molecule has 2 N–H and O–H groups in total. The van der Waals surface area contributed by atoms with Crippen LogP contribution in [0, 0.1) is 5.41 Å². The van der Waals surface area contributed by atoms with Crippen molar-refractivity contribution in [1.29, 1.82) is 5.41 Å². The Kier molecular flexibility index (Phi) is 3.31. The number of rotatable bonds is 2. The van der Waals surface area contributed by atoms with Crippen LogP contribution in [0.2, 0.25) is 0 Å². The highest BCUT2D eigenvalue weighted by atomic mass is 16.5. The molecule has 4 rings (SSSR count). The molecule has 0 aliphatic carbocycles. The molecular weight excluding hydrogens is 290 g/mol. The van der Waals surface area contributed by atoms with Gasteiger partial charge in [0.25, 0.3) is 0 Å². The molecule has 0 amide bonds. The van der Waals surface area contributed by atoms with Gasteiger partial charge >= 0.3 is 0 Å². The molecule has 1 aliphatic heterocycles. The molecule has 3 aromatic rings. The van der Waals surface area contributed by atoms with Crippen molar-refractivity contribution in [3.05, 3.63) is 48.0 Å². The summed E-state index contributed by atoms with van der Waals surface area (Å²) < 4.78 is 7.86. The highest BCUT2D eigenvalue weighted by Gasteiger charge is 2.16. The fraction of sp³-hybridized carbons (Fsp3) is 0.235. The topological polar surface area (TPSA) is 75.8 Å². The summed E-state index contributed by atoms with van der Waals surface area (Å²) in [5.74, 6) is 1.88. The molecule has 0 spiro atoms. The molecule has 0 atom stereocenters. The van der Waals surface area contributed by atoms with Crippen LogP contribution in [0.3, 0.4) is 0 Å². The summed E-state index contributed by atoms with van der Waals surface area (Å²) in [7, 11) is 0. The first-order chi connectivity index (χ1) is 11.2. The van der Waals surface area contributed by atoms with Gasteiger partial charge in [0.15, 0.2) is 0 Å². The second-order valence-electron chi connectivity index (χ2n) is 5.62. The predicted octanol–water partition coefficient (Wildman–Crippen LogP) is 2.71. The van der Waals surface area contributed by atoms with E-state index < -0.39 is 0 Å². The van der Waals surface area contributed by atoms with E-state index >= 15 is 0 Å². The molecule has 0 unspecified atom stereocenters. The van der Waals surface area contributed by atoms with E-state index in [9.17, 15) is 0 Å². The zero-order valence-electron chi connectivity index (χ0n) is 12.8.